The first-order valence-electron chi connectivity index (χ1n) is 8.94. The van der Waals surface area contributed by atoms with Gasteiger partial charge in [-0.05, 0) is 38.4 Å². The minimum Gasteiger partial charge on any atom is -0.337 e. The molecule has 2 heterocycles. The predicted molar refractivity (Wildman–Crippen MR) is 103 cm³/mol. The fraction of sp³-hybridized carbons (Fsp3) is 0.579. The molecule has 3 rings (SSSR count). The maximum atomic E-state index is 13.2. The van der Waals surface area contributed by atoms with Gasteiger partial charge in [0.25, 0.3) is 0 Å². The van der Waals surface area contributed by atoms with E-state index < -0.39 is 0 Å². The van der Waals surface area contributed by atoms with Crippen molar-refractivity contribution in [1.29, 1.82) is 0 Å². The highest BCUT2D eigenvalue weighted by Crippen LogP contribution is 2.28. The molecule has 25 heavy (non-hydrogen) atoms. The third kappa shape index (κ3) is 4.36. The van der Waals surface area contributed by atoms with Crippen LogP contribution in [0.5, 0.6) is 0 Å². The summed E-state index contributed by atoms with van der Waals surface area (Å²) in [5.74, 6) is 2.07. The largest absolute Gasteiger partial charge is 0.337 e. The summed E-state index contributed by atoms with van der Waals surface area (Å²) in [6.07, 6.45) is 1.36. The monoisotopic (exact) mass is 361 g/mol. The van der Waals surface area contributed by atoms with Crippen LogP contribution in [0.25, 0.3) is 0 Å². The van der Waals surface area contributed by atoms with E-state index in [4.69, 9.17) is 0 Å². The second-order valence-electron chi connectivity index (χ2n) is 7.12. The van der Waals surface area contributed by atoms with E-state index in [0.29, 0.717) is 13.0 Å². The molecule has 1 aromatic carbocycles. The van der Waals surface area contributed by atoms with Crippen molar-refractivity contribution in [2.24, 2.45) is 5.92 Å². The van der Waals surface area contributed by atoms with Crippen LogP contribution in [0.2, 0.25) is 0 Å². The van der Waals surface area contributed by atoms with Gasteiger partial charge in [0.15, 0.2) is 0 Å². The van der Waals surface area contributed by atoms with Gasteiger partial charge in [-0.2, -0.15) is 11.8 Å². The van der Waals surface area contributed by atoms with Crippen LogP contribution in [0.4, 0.5) is 5.69 Å². The van der Waals surface area contributed by atoms with E-state index in [1.54, 1.807) is 4.90 Å². The Balaban J connectivity index is 1.72. The fourth-order valence-electron chi connectivity index (χ4n) is 3.66. The van der Waals surface area contributed by atoms with Gasteiger partial charge in [0.1, 0.15) is 0 Å². The molecule has 2 atom stereocenters. The lowest BCUT2D eigenvalue weighted by atomic mass is 10.1. The van der Waals surface area contributed by atoms with Crippen molar-refractivity contribution < 1.29 is 9.59 Å². The van der Waals surface area contributed by atoms with Crippen LogP contribution in [-0.4, -0.2) is 72.9 Å². The number of amides is 2. The molecule has 0 aromatic heterocycles. The van der Waals surface area contributed by atoms with E-state index in [-0.39, 0.29) is 23.8 Å². The molecule has 2 saturated heterocycles. The third-order valence-electron chi connectivity index (χ3n) is 4.84. The summed E-state index contributed by atoms with van der Waals surface area (Å²) in [5, 5.41) is 0. The number of para-hydroxylation sites is 1. The highest BCUT2D eigenvalue weighted by molar-refractivity contribution is 7.99. The number of thioether (sulfide) groups is 1. The smallest absolute Gasteiger partial charge is 0.228 e. The SMILES string of the molecule is CN(C)CC1CSCCCN1C(=O)C1CC(=O)N(c2ccccc2)C1. The molecule has 0 bridgehead atoms. The predicted octanol–water partition coefficient (Wildman–Crippen LogP) is 1.94. The Morgan fingerprint density at radius 3 is 2.76 bits per heavy atom. The zero-order valence-electron chi connectivity index (χ0n) is 15.1. The number of carbonyl (C=O) groups excluding carboxylic acids is 2. The van der Waals surface area contributed by atoms with Crippen LogP contribution in [0.1, 0.15) is 12.8 Å². The lowest BCUT2D eigenvalue weighted by Gasteiger charge is -2.33. The fourth-order valence-corrected chi connectivity index (χ4v) is 4.71. The highest BCUT2D eigenvalue weighted by atomic mass is 32.2. The summed E-state index contributed by atoms with van der Waals surface area (Å²) in [7, 11) is 4.10. The van der Waals surface area contributed by atoms with Gasteiger partial charge in [-0.15, -0.1) is 0 Å². The molecule has 2 aliphatic rings. The summed E-state index contributed by atoms with van der Waals surface area (Å²) < 4.78 is 0. The Kier molecular flexibility index (Phi) is 6.02. The minimum absolute atomic E-state index is 0.0536. The van der Waals surface area contributed by atoms with Crippen molar-refractivity contribution in [2.75, 3.05) is 50.1 Å². The summed E-state index contributed by atoms with van der Waals surface area (Å²) in [5.41, 5.74) is 0.888. The molecule has 0 N–H and O–H groups in total. The number of carbonyl (C=O) groups is 2. The number of benzene rings is 1. The number of hydrogen-bond acceptors (Lipinski definition) is 4. The van der Waals surface area contributed by atoms with Crippen LogP contribution in [-0.2, 0) is 9.59 Å². The summed E-state index contributed by atoms with van der Waals surface area (Å²) >= 11 is 1.93. The van der Waals surface area contributed by atoms with Gasteiger partial charge in [-0.1, -0.05) is 18.2 Å². The maximum Gasteiger partial charge on any atom is 0.228 e. The zero-order chi connectivity index (χ0) is 17.8. The van der Waals surface area contributed by atoms with Crippen molar-refractivity contribution >= 4 is 29.3 Å². The topological polar surface area (TPSA) is 43.9 Å². The third-order valence-corrected chi connectivity index (χ3v) is 6.04. The van der Waals surface area contributed by atoms with E-state index in [1.807, 2.05) is 47.0 Å². The number of nitrogens with zero attached hydrogens (tertiary/aromatic N) is 3. The average Bonchev–Trinajstić information content (AvgIpc) is 2.84. The highest BCUT2D eigenvalue weighted by Gasteiger charge is 2.39. The molecule has 2 aliphatic heterocycles. The quantitative estimate of drug-likeness (QED) is 0.822. The van der Waals surface area contributed by atoms with Crippen LogP contribution >= 0.6 is 11.8 Å². The Morgan fingerprint density at radius 2 is 2.04 bits per heavy atom. The summed E-state index contributed by atoms with van der Waals surface area (Å²) in [6.45, 7) is 2.18. The average molecular weight is 362 g/mol. The lowest BCUT2D eigenvalue weighted by Crippen LogP contribution is -2.49. The van der Waals surface area contributed by atoms with Gasteiger partial charge >= 0.3 is 0 Å². The Labute approximate surface area is 154 Å². The summed E-state index contributed by atoms with van der Waals surface area (Å²) in [6, 6.07) is 9.89. The first kappa shape index (κ1) is 18.3. The zero-order valence-corrected chi connectivity index (χ0v) is 15.9. The molecular weight excluding hydrogens is 334 g/mol. The summed E-state index contributed by atoms with van der Waals surface area (Å²) in [4.78, 5) is 31.6. The van der Waals surface area contributed by atoms with E-state index in [0.717, 1.165) is 36.7 Å². The molecule has 5 nitrogen and oxygen atoms in total. The van der Waals surface area contributed by atoms with Gasteiger partial charge in [0, 0.05) is 37.5 Å². The van der Waals surface area contributed by atoms with Crippen molar-refractivity contribution in [1.82, 2.24) is 9.80 Å². The molecule has 136 valence electrons. The van der Waals surface area contributed by atoms with Crippen molar-refractivity contribution in [2.45, 2.75) is 18.9 Å². The molecule has 2 fully saturated rings. The van der Waals surface area contributed by atoms with Gasteiger partial charge < -0.3 is 14.7 Å². The number of hydrogen-bond donors (Lipinski definition) is 0. The molecule has 0 aliphatic carbocycles. The lowest BCUT2D eigenvalue weighted by molar-refractivity contribution is -0.137. The second-order valence-corrected chi connectivity index (χ2v) is 8.27. The maximum absolute atomic E-state index is 13.2. The van der Waals surface area contributed by atoms with E-state index in [1.165, 1.54) is 0 Å². The van der Waals surface area contributed by atoms with Crippen molar-refractivity contribution in [3.63, 3.8) is 0 Å². The van der Waals surface area contributed by atoms with Crippen LogP contribution in [0.15, 0.2) is 30.3 Å². The molecule has 0 spiro atoms. The number of rotatable bonds is 4. The van der Waals surface area contributed by atoms with E-state index >= 15 is 0 Å². The van der Waals surface area contributed by atoms with Gasteiger partial charge in [0.05, 0.1) is 12.0 Å². The first-order chi connectivity index (χ1) is 12.1. The number of likely N-dealkylation sites (N-methyl/N-ethyl adjacent to an activating group) is 1. The molecule has 0 saturated carbocycles. The van der Waals surface area contributed by atoms with Crippen molar-refractivity contribution in [3.05, 3.63) is 30.3 Å². The standard InChI is InChI=1S/C19H27N3O2S/c1-20(2)13-17-14-25-10-6-9-21(17)19(24)15-11-18(23)22(12-15)16-7-4-3-5-8-16/h3-5,7-8,15,17H,6,9-14H2,1-2H3. The molecule has 0 radical (unpaired) electrons. The van der Waals surface area contributed by atoms with Crippen LogP contribution < -0.4 is 4.90 Å². The van der Waals surface area contributed by atoms with Crippen LogP contribution in [0, 0.1) is 5.92 Å². The number of anilines is 1. The minimum atomic E-state index is -0.222. The first-order valence-corrected chi connectivity index (χ1v) is 10.1. The van der Waals surface area contributed by atoms with Gasteiger partial charge in [-0.25, -0.2) is 0 Å². The van der Waals surface area contributed by atoms with E-state index in [9.17, 15) is 9.59 Å². The normalized spacial score (nSPS) is 24.7. The Bertz CT molecular complexity index is 608. The Morgan fingerprint density at radius 1 is 1.28 bits per heavy atom. The Hall–Kier alpha value is -1.53. The molecule has 2 unspecified atom stereocenters. The molecule has 6 heteroatoms. The van der Waals surface area contributed by atoms with Crippen molar-refractivity contribution in [3.8, 4) is 0 Å². The molecular formula is C19H27N3O2S. The van der Waals surface area contributed by atoms with Gasteiger partial charge in [-0.3, -0.25) is 9.59 Å². The van der Waals surface area contributed by atoms with Gasteiger partial charge in [0.2, 0.25) is 11.8 Å². The van der Waals surface area contributed by atoms with Crippen LogP contribution in [0.3, 0.4) is 0 Å². The second kappa shape index (κ2) is 8.23. The molecule has 2 amide bonds. The van der Waals surface area contributed by atoms with E-state index in [2.05, 4.69) is 19.0 Å². The molecule has 1 aromatic rings.